The molecule has 226 valence electrons. The maximum absolute atomic E-state index is 13.7. The Labute approximate surface area is 238 Å². The van der Waals surface area contributed by atoms with Crippen molar-refractivity contribution in [3.05, 3.63) is 70.3 Å². The third-order valence-electron chi connectivity index (χ3n) is 6.12. The lowest BCUT2D eigenvalue weighted by Gasteiger charge is -2.33. The molecule has 3 N–H and O–H groups in total. The van der Waals surface area contributed by atoms with Crippen LogP contribution in [0.1, 0.15) is 25.8 Å². The molecule has 2 aromatic rings. The lowest BCUT2D eigenvalue weighted by atomic mass is 10.0. The molecule has 1 amide bonds. The Bertz CT molecular complexity index is 1310. The molecule has 0 spiro atoms. The van der Waals surface area contributed by atoms with E-state index in [-0.39, 0.29) is 36.1 Å². The topological polar surface area (TPSA) is 195 Å². The van der Waals surface area contributed by atoms with Gasteiger partial charge >= 0.3 is 13.9 Å². The average molecular weight is 616 g/mol. The number of sulfonamides is 1. The summed E-state index contributed by atoms with van der Waals surface area (Å²) in [6.45, 7) is 3.47. The molecular formula is C25H34N3O11PS. The smallest absolute Gasteiger partial charge is 0.444 e. The zero-order valence-electron chi connectivity index (χ0n) is 22.6. The predicted octanol–water partition coefficient (Wildman–Crippen LogP) is 2.85. The van der Waals surface area contributed by atoms with Gasteiger partial charge < -0.3 is 24.6 Å². The molecular weight excluding hydrogens is 581 g/mol. The summed E-state index contributed by atoms with van der Waals surface area (Å²) in [7, 11) is -9.52. The molecule has 1 aliphatic heterocycles. The minimum atomic E-state index is -5.19. The summed E-state index contributed by atoms with van der Waals surface area (Å²) in [4.78, 5) is 42.5. The molecule has 3 atom stereocenters. The van der Waals surface area contributed by atoms with E-state index in [0.717, 1.165) is 28.6 Å². The number of rotatable bonds is 14. The number of carbonyl (C=O) groups is 1. The third-order valence-corrected chi connectivity index (χ3v) is 8.51. The number of carbonyl (C=O) groups excluding carboxylic acids is 1. The van der Waals surface area contributed by atoms with E-state index in [4.69, 9.17) is 14.0 Å². The molecule has 14 nitrogen and oxygen atoms in total. The van der Waals surface area contributed by atoms with E-state index in [1.54, 1.807) is 44.2 Å². The van der Waals surface area contributed by atoms with Crippen LogP contribution in [-0.4, -0.2) is 78.1 Å². The van der Waals surface area contributed by atoms with Crippen LogP contribution in [0.25, 0.3) is 0 Å². The van der Waals surface area contributed by atoms with Crippen LogP contribution in [0, 0.1) is 16.0 Å². The average Bonchev–Trinajstić information content (AvgIpc) is 3.40. The van der Waals surface area contributed by atoms with E-state index in [1.807, 2.05) is 0 Å². The highest BCUT2D eigenvalue weighted by Crippen LogP contribution is 2.39. The van der Waals surface area contributed by atoms with E-state index >= 15 is 0 Å². The number of hydrogen-bond donors (Lipinski definition) is 3. The van der Waals surface area contributed by atoms with Gasteiger partial charge in [-0.2, -0.15) is 4.31 Å². The fourth-order valence-corrected chi connectivity index (χ4v) is 6.45. The molecule has 0 radical (unpaired) electrons. The van der Waals surface area contributed by atoms with Crippen molar-refractivity contribution < 1.29 is 46.5 Å². The van der Waals surface area contributed by atoms with Gasteiger partial charge in [-0.15, -0.1) is 0 Å². The Morgan fingerprint density at radius 1 is 1.17 bits per heavy atom. The molecule has 0 unspecified atom stereocenters. The third kappa shape index (κ3) is 10.1. The van der Waals surface area contributed by atoms with Crippen molar-refractivity contribution in [1.82, 2.24) is 9.62 Å². The summed E-state index contributed by atoms with van der Waals surface area (Å²) in [5, 5.41) is 13.6. The molecule has 16 heteroatoms. The number of nitro benzene ring substituents is 1. The summed E-state index contributed by atoms with van der Waals surface area (Å²) in [6, 6.07) is 11.8. The standard InChI is InChI=1S/C25H34N3O11PS/c1-18(2)15-27(41(35,36)22-10-8-20(9-11-22)28(30)31)16-24(39-40(32,33)34)23(14-19-6-4-3-5-7-19)26-25(29)38-21-12-13-37-17-21/h3-11,18,21,23-24H,12-17H2,1-2H3,(H,26,29)(H2,32,33,34)/t21-,23+,24-/m1/s1. The van der Waals surface area contributed by atoms with Crippen LogP contribution in [0.3, 0.4) is 0 Å². The fraction of sp³-hybridized carbons (Fsp3) is 0.480. The summed E-state index contributed by atoms with van der Waals surface area (Å²) < 4.78 is 56.1. The largest absolute Gasteiger partial charge is 0.469 e. The van der Waals surface area contributed by atoms with Gasteiger partial charge in [-0.25, -0.2) is 17.8 Å². The second-order valence-electron chi connectivity index (χ2n) is 9.93. The van der Waals surface area contributed by atoms with Crippen LogP contribution in [0.2, 0.25) is 0 Å². The minimum absolute atomic E-state index is 0.0227. The number of ether oxygens (including phenoxy) is 2. The van der Waals surface area contributed by atoms with Gasteiger partial charge in [0.25, 0.3) is 5.69 Å². The van der Waals surface area contributed by atoms with Crippen molar-refractivity contribution >= 4 is 29.6 Å². The highest BCUT2D eigenvalue weighted by molar-refractivity contribution is 7.89. The van der Waals surface area contributed by atoms with Gasteiger partial charge in [-0.3, -0.25) is 14.6 Å². The molecule has 3 rings (SSSR count). The number of nitrogens with one attached hydrogen (secondary N) is 1. The Hall–Kier alpha value is -2.91. The second-order valence-corrected chi connectivity index (χ2v) is 13.1. The van der Waals surface area contributed by atoms with Crippen LogP contribution in [0.4, 0.5) is 10.5 Å². The van der Waals surface area contributed by atoms with Crippen LogP contribution in [0.5, 0.6) is 0 Å². The summed E-state index contributed by atoms with van der Waals surface area (Å²) in [5.41, 5.74) is 0.371. The number of non-ortho nitro benzene ring substituents is 1. The monoisotopic (exact) mass is 615 g/mol. The van der Waals surface area contributed by atoms with Gasteiger partial charge in [0.05, 0.1) is 29.1 Å². The number of nitro groups is 1. The van der Waals surface area contributed by atoms with Crippen LogP contribution >= 0.6 is 7.82 Å². The van der Waals surface area contributed by atoms with Crippen molar-refractivity contribution in [2.45, 2.75) is 49.8 Å². The summed E-state index contributed by atoms with van der Waals surface area (Å²) in [5.74, 6) is -0.230. The first kappa shape index (κ1) is 32.6. The number of amides is 1. The molecule has 1 saturated heterocycles. The molecule has 0 saturated carbocycles. The number of nitrogens with zero attached hydrogens (tertiary/aromatic N) is 2. The maximum Gasteiger partial charge on any atom is 0.469 e. The molecule has 41 heavy (non-hydrogen) atoms. The fourth-order valence-electron chi connectivity index (χ4n) is 4.26. The number of phosphoric ester groups is 1. The normalized spacial score (nSPS) is 17.4. The second kappa shape index (κ2) is 14.3. The van der Waals surface area contributed by atoms with Gasteiger partial charge in [0.2, 0.25) is 10.0 Å². The number of benzene rings is 2. The Morgan fingerprint density at radius 3 is 2.37 bits per heavy atom. The van der Waals surface area contributed by atoms with Crippen molar-refractivity contribution in [3.8, 4) is 0 Å². The van der Waals surface area contributed by atoms with Crippen LogP contribution < -0.4 is 5.32 Å². The highest BCUT2D eigenvalue weighted by Gasteiger charge is 2.37. The molecule has 0 aromatic heterocycles. The van der Waals surface area contributed by atoms with Gasteiger partial charge in [0.1, 0.15) is 12.2 Å². The molecule has 1 heterocycles. The van der Waals surface area contributed by atoms with Crippen LogP contribution in [-0.2, 0) is 35.0 Å². The van der Waals surface area contributed by atoms with Crippen molar-refractivity contribution in [2.24, 2.45) is 5.92 Å². The van der Waals surface area contributed by atoms with E-state index in [9.17, 15) is 37.7 Å². The Morgan fingerprint density at radius 2 is 1.83 bits per heavy atom. The first-order chi connectivity index (χ1) is 19.2. The van der Waals surface area contributed by atoms with Crippen molar-refractivity contribution in [3.63, 3.8) is 0 Å². The number of alkyl carbamates (subject to hydrolysis) is 1. The predicted molar refractivity (Wildman–Crippen MR) is 146 cm³/mol. The van der Waals surface area contributed by atoms with E-state index in [0.29, 0.717) is 18.6 Å². The first-order valence-corrected chi connectivity index (χ1v) is 15.8. The SMILES string of the molecule is CC(C)CN(C[C@@H](OP(=O)(O)O)[C@H](Cc1ccccc1)NC(=O)O[C@@H]1CCOC1)S(=O)(=O)c1ccc([N+](=O)[O-])cc1. The summed E-state index contributed by atoms with van der Waals surface area (Å²) in [6.07, 6.45) is -2.41. The first-order valence-electron chi connectivity index (χ1n) is 12.8. The number of phosphoric acid groups is 1. The van der Waals surface area contributed by atoms with Gasteiger partial charge in [-0.05, 0) is 30.0 Å². The quantitative estimate of drug-likeness (QED) is 0.161. The zero-order chi connectivity index (χ0) is 30.2. The minimum Gasteiger partial charge on any atom is -0.444 e. The Balaban J connectivity index is 1.97. The van der Waals surface area contributed by atoms with E-state index in [2.05, 4.69) is 5.32 Å². The zero-order valence-corrected chi connectivity index (χ0v) is 24.3. The number of hydrogen-bond acceptors (Lipinski definition) is 9. The van der Waals surface area contributed by atoms with Crippen molar-refractivity contribution in [2.75, 3.05) is 26.3 Å². The summed E-state index contributed by atoms with van der Waals surface area (Å²) >= 11 is 0. The van der Waals surface area contributed by atoms with Crippen LogP contribution in [0.15, 0.2) is 59.5 Å². The van der Waals surface area contributed by atoms with Gasteiger partial charge in [0, 0.05) is 31.6 Å². The van der Waals surface area contributed by atoms with E-state index in [1.165, 1.54) is 0 Å². The maximum atomic E-state index is 13.7. The lowest BCUT2D eigenvalue weighted by molar-refractivity contribution is -0.384. The van der Waals surface area contributed by atoms with E-state index < -0.39 is 53.7 Å². The van der Waals surface area contributed by atoms with Gasteiger partial charge in [-0.1, -0.05) is 44.2 Å². The van der Waals surface area contributed by atoms with Gasteiger partial charge in [0.15, 0.2) is 0 Å². The lowest BCUT2D eigenvalue weighted by Crippen LogP contribution is -2.52. The highest BCUT2D eigenvalue weighted by atomic mass is 32.2. The van der Waals surface area contributed by atoms with Crippen molar-refractivity contribution in [1.29, 1.82) is 0 Å². The molecule has 2 aromatic carbocycles. The molecule has 1 aliphatic rings. The molecule has 0 aliphatic carbocycles. The Kier molecular flexibility index (Phi) is 11.4. The molecule has 1 fully saturated rings. The molecule has 0 bridgehead atoms.